The predicted molar refractivity (Wildman–Crippen MR) is 267 cm³/mol. The first-order chi connectivity index (χ1) is 33.0. The number of fused-ring (bicyclic) bond motifs is 1. The van der Waals surface area contributed by atoms with E-state index in [0.29, 0.717) is 65.5 Å². The van der Waals surface area contributed by atoms with Crippen LogP contribution in [0.5, 0.6) is 11.5 Å². The fourth-order valence-corrected chi connectivity index (χ4v) is 13.0. The molecule has 15 nitrogen and oxygen atoms in total. The first-order valence-electron chi connectivity index (χ1n) is 22.8. The van der Waals surface area contributed by atoms with Gasteiger partial charge in [-0.25, -0.2) is 35.1 Å². The number of ether oxygens (including phenoxy) is 1. The maximum Gasteiger partial charge on any atom is 0.501 e. The van der Waals surface area contributed by atoms with Gasteiger partial charge in [0.2, 0.25) is 0 Å². The number of alkyl halides is 3. The molecule has 0 radical (unpaired) electrons. The number of nitrogens with zero attached hydrogens (tertiary/aromatic N) is 5. The molecular weight excluding hydrogens is 989 g/mol. The highest BCUT2D eigenvalue weighted by Gasteiger charge is 2.48. The summed E-state index contributed by atoms with van der Waals surface area (Å²) < 4.78 is 121. The minimum atomic E-state index is -6.11. The lowest BCUT2D eigenvalue weighted by Crippen LogP contribution is -2.47. The van der Waals surface area contributed by atoms with Crippen LogP contribution in [0.15, 0.2) is 105 Å². The Labute approximate surface area is 412 Å². The van der Waals surface area contributed by atoms with Gasteiger partial charge in [-0.15, -0.1) is 0 Å². The summed E-state index contributed by atoms with van der Waals surface area (Å²) >= 11 is 6.23. The number of benzene rings is 3. The Morgan fingerprint density at radius 1 is 0.957 bits per heavy atom. The number of amides is 1. The summed E-state index contributed by atoms with van der Waals surface area (Å²) in [7, 11) is -12.0. The van der Waals surface area contributed by atoms with Crippen LogP contribution < -0.4 is 19.7 Å². The molecule has 1 aliphatic carbocycles. The number of carbonyl (C=O) groups is 1. The Morgan fingerprint density at radius 3 is 2.36 bits per heavy atom. The molecular formula is C48H56ClF3N8O7S3. The normalized spacial score (nSPS) is 18.7. The molecule has 3 N–H and O–H groups in total. The number of pyridine rings is 1. The van der Waals surface area contributed by atoms with Gasteiger partial charge in [-0.1, -0.05) is 43.2 Å². The quantitative estimate of drug-likeness (QED) is 0.0966. The van der Waals surface area contributed by atoms with Gasteiger partial charge in [-0.3, -0.25) is 14.6 Å². The Morgan fingerprint density at radius 2 is 1.67 bits per heavy atom. The van der Waals surface area contributed by atoms with Gasteiger partial charge in [-0.2, -0.15) is 13.2 Å². The highest BCUT2D eigenvalue weighted by Crippen LogP contribution is 2.44. The monoisotopic (exact) mass is 1040 g/mol. The van der Waals surface area contributed by atoms with E-state index in [1.807, 2.05) is 21.8 Å². The van der Waals surface area contributed by atoms with E-state index in [9.17, 15) is 39.0 Å². The van der Waals surface area contributed by atoms with Gasteiger partial charge in [0, 0.05) is 115 Å². The van der Waals surface area contributed by atoms with Crippen molar-refractivity contribution in [1.82, 2.24) is 24.5 Å². The number of hydrogen-bond acceptors (Lipinski definition) is 13. The molecule has 2 saturated heterocycles. The number of hydrogen-bond donors (Lipinski definition) is 3. The van der Waals surface area contributed by atoms with Crippen molar-refractivity contribution in [3.05, 3.63) is 107 Å². The zero-order valence-electron chi connectivity index (χ0n) is 39.2. The summed E-state index contributed by atoms with van der Waals surface area (Å²) in [5.41, 5.74) is -1.09. The molecule has 2 aromatic heterocycles. The summed E-state index contributed by atoms with van der Waals surface area (Å²) in [4.78, 5) is 25.7. The van der Waals surface area contributed by atoms with Crippen LogP contribution in [0.4, 0.5) is 24.5 Å². The molecule has 22 heteroatoms. The standard InChI is InChI=1S/C48H56ClF3N8O7S3/c1-32(30-59-21-23-68(62,53-4)24-22-59)56-42-12-10-39(27-44(42)69(63,64)48(50,51)52)70(65,66)57-46(61)40-11-9-37(26-43(40)67-38-25-34-14-16-54-45(34)55-29-38)60-19-17-58(18-20-60)31-35-13-15-47(2,3)28-41(35)33-5-7-36(49)8-6-33/h5-12,14,16,25-27,29,32,56H,13,15,17-24,28,30-31H2,1-4H3,(H,54,55)(H,57,61)/t32-/m0/s1. The highest BCUT2D eigenvalue weighted by molar-refractivity contribution is 7.93. The molecule has 4 heterocycles. The molecule has 0 saturated carbocycles. The van der Waals surface area contributed by atoms with Gasteiger partial charge in [0.05, 0.1) is 22.3 Å². The first-order valence-corrected chi connectivity index (χ1v) is 28.0. The van der Waals surface area contributed by atoms with E-state index < -0.39 is 62.5 Å². The van der Waals surface area contributed by atoms with Crippen molar-refractivity contribution in [1.29, 1.82) is 0 Å². The summed E-state index contributed by atoms with van der Waals surface area (Å²) in [5.74, 6) is -0.351. The van der Waals surface area contributed by atoms with E-state index in [1.165, 1.54) is 36.0 Å². The number of nitrogens with one attached hydrogen (secondary N) is 3. The highest BCUT2D eigenvalue weighted by atomic mass is 35.5. The van der Waals surface area contributed by atoms with Crippen molar-refractivity contribution < 1.29 is 43.7 Å². The Hall–Kier alpha value is -5.19. The predicted octanol–water partition coefficient (Wildman–Crippen LogP) is 8.42. The van der Waals surface area contributed by atoms with Crippen molar-refractivity contribution in [2.24, 2.45) is 9.78 Å². The molecule has 1 amide bonds. The molecule has 3 aromatic carbocycles. The number of carbonyl (C=O) groups excluding carboxylic acids is 1. The van der Waals surface area contributed by atoms with E-state index in [1.54, 1.807) is 37.4 Å². The van der Waals surface area contributed by atoms with Crippen LogP contribution in [0.25, 0.3) is 16.6 Å². The Bertz CT molecular complexity index is 3150. The molecule has 0 spiro atoms. The third-order valence-corrected chi connectivity index (χ3v) is 18.6. The number of halogens is 4. The van der Waals surface area contributed by atoms with Crippen LogP contribution in [0.1, 0.15) is 56.0 Å². The number of anilines is 2. The van der Waals surface area contributed by atoms with Crippen LogP contribution in [0.2, 0.25) is 5.02 Å². The van der Waals surface area contributed by atoms with Crippen molar-refractivity contribution in [3.8, 4) is 11.5 Å². The zero-order chi connectivity index (χ0) is 50.2. The molecule has 5 aromatic rings. The summed E-state index contributed by atoms with van der Waals surface area (Å²) in [6, 6.07) is 17.8. The van der Waals surface area contributed by atoms with Crippen LogP contribution >= 0.6 is 11.6 Å². The second-order valence-corrected chi connectivity index (χ2v) is 25.6. The first kappa shape index (κ1) is 51.2. The number of aromatic amines is 1. The van der Waals surface area contributed by atoms with Crippen LogP contribution in [-0.4, -0.2) is 129 Å². The Balaban J connectivity index is 1.02. The van der Waals surface area contributed by atoms with E-state index in [4.69, 9.17) is 16.3 Å². The topological polar surface area (TPSA) is 186 Å². The van der Waals surface area contributed by atoms with Crippen molar-refractivity contribution in [3.63, 3.8) is 0 Å². The number of aromatic nitrogens is 2. The molecule has 376 valence electrons. The van der Waals surface area contributed by atoms with E-state index in [-0.39, 0.29) is 29.0 Å². The summed E-state index contributed by atoms with van der Waals surface area (Å²) in [6.45, 7) is 10.8. The molecule has 70 heavy (non-hydrogen) atoms. The summed E-state index contributed by atoms with van der Waals surface area (Å²) in [6.07, 6.45) is 6.18. The van der Waals surface area contributed by atoms with Gasteiger partial charge in [0.15, 0.2) is 0 Å². The lowest BCUT2D eigenvalue weighted by atomic mass is 9.72. The largest absolute Gasteiger partial charge is 0.501 e. The molecule has 1 atom stereocenters. The second-order valence-electron chi connectivity index (χ2n) is 18.8. The second kappa shape index (κ2) is 20.1. The molecule has 8 rings (SSSR count). The zero-order valence-corrected chi connectivity index (χ0v) is 42.4. The summed E-state index contributed by atoms with van der Waals surface area (Å²) in [5, 5.41) is 4.19. The maximum absolute atomic E-state index is 14.1. The minimum absolute atomic E-state index is 0.0269. The molecule has 0 unspecified atom stereocenters. The number of rotatable bonds is 14. The third kappa shape index (κ3) is 11.6. The smallest absolute Gasteiger partial charge is 0.455 e. The number of H-pyrrole nitrogens is 1. The SMILES string of the molecule is CN=S1(=O)CCN(C[C@H](C)Nc2ccc(S(=O)(=O)NC(=O)c3ccc(N4CCN(CC5=C(c6ccc(Cl)cc6)CC(C)(C)CC5)CC4)cc3Oc3cnc4[nH]ccc4c3)cc2S(=O)(=O)C(F)(F)F)CC1. The molecule has 3 aliphatic rings. The average molecular weight is 1050 g/mol. The van der Waals surface area contributed by atoms with E-state index in [2.05, 4.69) is 55.4 Å². The van der Waals surface area contributed by atoms with Crippen LogP contribution in [0, 0.1) is 5.41 Å². The number of sulfonamides is 1. The Kier molecular flexibility index (Phi) is 14.7. The van der Waals surface area contributed by atoms with Gasteiger partial charge in [0.25, 0.3) is 25.8 Å². The lowest BCUT2D eigenvalue weighted by Gasteiger charge is -2.39. The average Bonchev–Trinajstić information content (AvgIpc) is 3.78. The lowest BCUT2D eigenvalue weighted by molar-refractivity contribution is -0.0435. The van der Waals surface area contributed by atoms with Gasteiger partial charge >= 0.3 is 5.51 Å². The number of piperazine rings is 1. The van der Waals surface area contributed by atoms with Crippen molar-refractivity contribution in [2.45, 2.75) is 61.4 Å². The molecule has 0 bridgehead atoms. The fourth-order valence-electron chi connectivity index (χ4n) is 9.17. The third-order valence-electron chi connectivity index (χ3n) is 13.1. The fraction of sp³-hybridized carbons (Fsp3) is 0.417. The van der Waals surface area contributed by atoms with Gasteiger partial charge < -0.3 is 19.9 Å². The number of allylic oxidation sites excluding steroid dienone is 1. The van der Waals surface area contributed by atoms with Crippen molar-refractivity contribution >= 4 is 75.1 Å². The number of sulfone groups is 1. The van der Waals surface area contributed by atoms with E-state index in [0.717, 1.165) is 51.0 Å². The van der Waals surface area contributed by atoms with Crippen LogP contribution in [-0.2, 0) is 29.6 Å². The van der Waals surface area contributed by atoms with E-state index >= 15 is 0 Å². The maximum atomic E-state index is 14.1. The van der Waals surface area contributed by atoms with Gasteiger partial charge in [-0.05, 0) is 97.3 Å². The molecule has 2 fully saturated rings. The van der Waals surface area contributed by atoms with Crippen LogP contribution in [0.3, 0.4) is 0 Å². The van der Waals surface area contributed by atoms with Gasteiger partial charge in [0.1, 0.15) is 22.0 Å². The molecule has 2 aliphatic heterocycles. The minimum Gasteiger partial charge on any atom is -0.455 e. The van der Waals surface area contributed by atoms with Crippen molar-refractivity contribution in [2.75, 3.05) is 81.1 Å².